The second-order valence-electron chi connectivity index (χ2n) is 6.03. The van der Waals surface area contributed by atoms with Crippen LogP contribution in [0.3, 0.4) is 0 Å². The van der Waals surface area contributed by atoms with Crippen molar-refractivity contribution in [2.24, 2.45) is 0 Å². The van der Waals surface area contributed by atoms with Crippen LogP contribution in [0, 0.1) is 0 Å². The summed E-state index contributed by atoms with van der Waals surface area (Å²) in [6.07, 6.45) is 5.58. The molecule has 118 valence electrons. The first kappa shape index (κ1) is 17.2. The molecule has 0 unspecified atom stereocenters. The van der Waals surface area contributed by atoms with Crippen LogP contribution in [0.25, 0.3) is 0 Å². The number of amides is 2. The largest absolute Gasteiger partial charge is 0.338 e. The summed E-state index contributed by atoms with van der Waals surface area (Å²) in [4.78, 5) is 16.4. The van der Waals surface area contributed by atoms with Crippen molar-refractivity contribution in [2.75, 3.05) is 46.8 Å². The van der Waals surface area contributed by atoms with Crippen molar-refractivity contribution in [3.8, 4) is 0 Å². The maximum atomic E-state index is 11.7. The van der Waals surface area contributed by atoms with E-state index in [2.05, 4.69) is 41.5 Å². The Bertz CT molecular complexity index is 263. The van der Waals surface area contributed by atoms with Gasteiger partial charge in [0.05, 0.1) is 0 Å². The van der Waals surface area contributed by atoms with Gasteiger partial charge in [-0.25, -0.2) is 4.79 Å². The van der Waals surface area contributed by atoms with Crippen molar-refractivity contribution in [2.45, 2.75) is 45.1 Å². The van der Waals surface area contributed by atoms with Crippen LogP contribution in [-0.4, -0.2) is 68.7 Å². The fourth-order valence-electron chi connectivity index (χ4n) is 2.46. The van der Waals surface area contributed by atoms with Crippen LogP contribution >= 0.6 is 0 Å². The summed E-state index contributed by atoms with van der Waals surface area (Å²) in [7, 11) is 4.22. The average Bonchev–Trinajstić information content (AvgIpc) is 2.43. The lowest BCUT2D eigenvalue weighted by Gasteiger charge is -2.32. The van der Waals surface area contributed by atoms with E-state index in [1.807, 2.05) is 0 Å². The molecule has 0 radical (unpaired) electrons. The summed E-state index contributed by atoms with van der Waals surface area (Å²) in [5.41, 5.74) is 0. The molecular weight excluding hydrogens is 252 g/mol. The molecule has 1 aliphatic heterocycles. The summed E-state index contributed by atoms with van der Waals surface area (Å²) in [6, 6.07) is 0.352. The molecule has 0 saturated carbocycles. The number of urea groups is 1. The minimum Gasteiger partial charge on any atom is -0.338 e. The Kier molecular flexibility index (Phi) is 8.62. The monoisotopic (exact) mass is 284 g/mol. The minimum absolute atomic E-state index is 0.00726. The molecule has 1 heterocycles. The van der Waals surface area contributed by atoms with Crippen molar-refractivity contribution in [1.29, 1.82) is 0 Å². The topological polar surface area (TPSA) is 47.6 Å². The molecule has 0 aliphatic carbocycles. The maximum absolute atomic E-state index is 11.7. The summed E-state index contributed by atoms with van der Waals surface area (Å²) in [5.74, 6) is 0. The molecule has 0 aromatic rings. The van der Waals surface area contributed by atoms with Gasteiger partial charge in [-0.15, -0.1) is 0 Å². The van der Waals surface area contributed by atoms with Gasteiger partial charge in [0.15, 0.2) is 0 Å². The van der Waals surface area contributed by atoms with Crippen molar-refractivity contribution < 1.29 is 4.79 Å². The Hall–Kier alpha value is -0.810. The van der Waals surface area contributed by atoms with Gasteiger partial charge >= 0.3 is 6.03 Å². The van der Waals surface area contributed by atoms with Crippen LogP contribution in [0.15, 0.2) is 0 Å². The quantitative estimate of drug-likeness (QED) is 0.664. The van der Waals surface area contributed by atoms with E-state index in [0.717, 1.165) is 52.0 Å². The van der Waals surface area contributed by atoms with Crippen LogP contribution in [-0.2, 0) is 0 Å². The number of carbonyl (C=O) groups is 1. The van der Waals surface area contributed by atoms with Gasteiger partial charge < -0.3 is 20.4 Å². The molecule has 0 aromatic carbocycles. The first-order chi connectivity index (χ1) is 9.61. The highest BCUT2D eigenvalue weighted by Crippen LogP contribution is 2.09. The van der Waals surface area contributed by atoms with Gasteiger partial charge in [0.1, 0.15) is 0 Å². The van der Waals surface area contributed by atoms with Crippen molar-refractivity contribution in [1.82, 2.24) is 20.4 Å². The minimum atomic E-state index is 0.00726. The molecule has 20 heavy (non-hydrogen) atoms. The van der Waals surface area contributed by atoms with E-state index in [0.29, 0.717) is 6.04 Å². The predicted molar refractivity (Wildman–Crippen MR) is 84.1 cm³/mol. The van der Waals surface area contributed by atoms with Gasteiger partial charge in [0.2, 0.25) is 0 Å². The first-order valence-corrected chi connectivity index (χ1v) is 8.03. The lowest BCUT2D eigenvalue weighted by atomic mass is 10.1. The molecule has 1 rings (SSSR count). The zero-order valence-corrected chi connectivity index (χ0v) is 13.5. The average molecular weight is 284 g/mol. The number of rotatable bonds is 8. The number of unbranched alkanes of at least 4 members (excludes halogenated alkanes) is 2. The number of likely N-dealkylation sites (N-methyl/N-ethyl adjacent to an activating group) is 1. The number of nitrogens with one attached hydrogen (secondary N) is 2. The van der Waals surface area contributed by atoms with Crippen LogP contribution in [0.1, 0.15) is 39.0 Å². The number of nitrogens with zero attached hydrogens (tertiary/aromatic N) is 2. The van der Waals surface area contributed by atoms with Crippen molar-refractivity contribution in [3.63, 3.8) is 0 Å². The number of piperidine rings is 1. The SMILES string of the molecule is CCCCCNC(=O)NC1CCN(CCN(C)C)CC1. The fraction of sp³-hybridized carbons (Fsp3) is 0.933. The molecule has 0 aromatic heterocycles. The standard InChI is InChI=1S/C15H32N4O/c1-4-5-6-9-16-15(20)17-14-7-10-19(11-8-14)13-12-18(2)3/h14H,4-13H2,1-3H3,(H2,16,17,20). The van der Waals surface area contributed by atoms with Crippen LogP contribution in [0.5, 0.6) is 0 Å². The number of carbonyl (C=O) groups excluding carboxylic acids is 1. The molecule has 0 spiro atoms. The second-order valence-corrected chi connectivity index (χ2v) is 6.03. The summed E-state index contributed by atoms with van der Waals surface area (Å²) < 4.78 is 0. The van der Waals surface area contributed by atoms with E-state index in [1.54, 1.807) is 0 Å². The predicted octanol–water partition coefficient (Wildman–Crippen LogP) is 1.50. The molecule has 1 fully saturated rings. The van der Waals surface area contributed by atoms with E-state index >= 15 is 0 Å². The van der Waals surface area contributed by atoms with E-state index in [4.69, 9.17) is 0 Å². The zero-order valence-electron chi connectivity index (χ0n) is 13.5. The Morgan fingerprint density at radius 2 is 1.95 bits per heavy atom. The number of likely N-dealkylation sites (tertiary alicyclic amines) is 1. The third-order valence-corrected chi connectivity index (χ3v) is 3.85. The Morgan fingerprint density at radius 3 is 2.55 bits per heavy atom. The van der Waals surface area contributed by atoms with E-state index in [1.165, 1.54) is 12.8 Å². The smallest absolute Gasteiger partial charge is 0.315 e. The highest BCUT2D eigenvalue weighted by atomic mass is 16.2. The zero-order chi connectivity index (χ0) is 14.8. The van der Waals surface area contributed by atoms with Gasteiger partial charge in [-0.3, -0.25) is 0 Å². The van der Waals surface area contributed by atoms with Gasteiger partial charge in [-0.05, 0) is 33.4 Å². The summed E-state index contributed by atoms with van der Waals surface area (Å²) in [5, 5.41) is 6.04. The number of hydrogen-bond donors (Lipinski definition) is 2. The van der Waals surface area contributed by atoms with Gasteiger partial charge in [0, 0.05) is 38.8 Å². The normalized spacial score (nSPS) is 17.4. The molecule has 2 amide bonds. The van der Waals surface area contributed by atoms with Crippen molar-refractivity contribution >= 4 is 6.03 Å². The highest BCUT2D eigenvalue weighted by Gasteiger charge is 2.20. The second kappa shape index (κ2) is 10.00. The third kappa shape index (κ3) is 7.70. The fourth-order valence-corrected chi connectivity index (χ4v) is 2.46. The molecule has 1 aliphatic rings. The molecule has 1 saturated heterocycles. The maximum Gasteiger partial charge on any atom is 0.315 e. The molecule has 2 N–H and O–H groups in total. The Morgan fingerprint density at radius 1 is 1.25 bits per heavy atom. The number of hydrogen-bond acceptors (Lipinski definition) is 3. The van der Waals surface area contributed by atoms with Gasteiger partial charge in [-0.2, -0.15) is 0 Å². The highest BCUT2D eigenvalue weighted by molar-refractivity contribution is 5.74. The molecular formula is C15H32N4O. The van der Waals surface area contributed by atoms with E-state index < -0.39 is 0 Å². The lowest BCUT2D eigenvalue weighted by Crippen LogP contribution is -2.48. The summed E-state index contributed by atoms with van der Waals surface area (Å²) >= 11 is 0. The Balaban J connectivity index is 2.07. The van der Waals surface area contributed by atoms with Gasteiger partial charge in [-0.1, -0.05) is 19.8 Å². The Labute approximate surface area is 124 Å². The molecule has 5 heteroatoms. The van der Waals surface area contributed by atoms with E-state index in [9.17, 15) is 4.79 Å². The van der Waals surface area contributed by atoms with Crippen LogP contribution in [0.4, 0.5) is 4.79 Å². The first-order valence-electron chi connectivity index (χ1n) is 8.03. The summed E-state index contributed by atoms with van der Waals surface area (Å²) in [6.45, 7) is 7.38. The van der Waals surface area contributed by atoms with Crippen molar-refractivity contribution in [3.05, 3.63) is 0 Å². The van der Waals surface area contributed by atoms with Crippen LogP contribution < -0.4 is 10.6 Å². The molecule has 0 atom stereocenters. The van der Waals surface area contributed by atoms with E-state index in [-0.39, 0.29) is 6.03 Å². The van der Waals surface area contributed by atoms with Crippen LogP contribution in [0.2, 0.25) is 0 Å². The molecule has 0 bridgehead atoms. The molecule has 5 nitrogen and oxygen atoms in total. The third-order valence-electron chi connectivity index (χ3n) is 3.85. The van der Waals surface area contributed by atoms with Gasteiger partial charge in [0.25, 0.3) is 0 Å². The lowest BCUT2D eigenvalue weighted by molar-refractivity contribution is 0.180.